The number of anilines is 2. The van der Waals surface area contributed by atoms with Crippen molar-refractivity contribution in [2.75, 3.05) is 10.5 Å². The summed E-state index contributed by atoms with van der Waals surface area (Å²) in [4.78, 5) is 0.108. The van der Waals surface area contributed by atoms with Crippen LogP contribution in [0.2, 0.25) is 0 Å². The van der Waals surface area contributed by atoms with Crippen molar-refractivity contribution in [3.05, 3.63) is 34.6 Å². The van der Waals surface area contributed by atoms with E-state index in [4.69, 9.17) is 5.73 Å². The molecule has 19 heavy (non-hydrogen) atoms. The van der Waals surface area contributed by atoms with Crippen LogP contribution in [0.3, 0.4) is 0 Å². The molecule has 0 saturated carbocycles. The summed E-state index contributed by atoms with van der Waals surface area (Å²) in [5.41, 5.74) is 7.11. The quantitative estimate of drug-likeness (QED) is 0.831. The van der Waals surface area contributed by atoms with Crippen molar-refractivity contribution in [3.8, 4) is 0 Å². The van der Waals surface area contributed by atoms with Crippen LogP contribution in [0.4, 0.5) is 11.4 Å². The van der Waals surface area contributed by atoms with Gasteiger partial charge in [-0.05, 0) is 41.1 Å². The van der Waals surface area contributed by atoms with Crippen LogP contribution in [0.15, 0.2) is 33.8 Å². The van der Waals surface area contributed by atoms with Gasteiger partial charge in [-0.25, -0.2) is 8.42 Å². The summed E-state index contributed by atoms with van der Waals surface area (Å²) in [5, 5.41) is 4.08. The molecule has 2 aromatic rings. The van der Waals surface area contributed by atoms with E-state index in [0.717, 1.165) is 0 Å². The Morgan fingerprint density at radius 1 is 1.42 bits per heavy atom. The van der Waals surface area contributed by atoms with Gasteiger partial charge in [0.2, 0.25) is 0 Å². The lowest BCUT2D eigenvalue weighted by atomic mass is 10.3. The molecule has 1 aromatic carbocycles. The van der Waals surface area contributed by atoms with Gasteiger partial charge in [-0.3, -0.25) is 9.40 Å². The first kappa shape index (κ1) is 13.9. The van der Waals surface area contributed by atoms with E-state index in [-0.39, 0.29) is 4.90 Å². The largest absolute Gasteiger partial charge is 0.398 e. The van der Waals surface area contributed by atoms with Crippen molar-refractivity contribution in [2.24, 2.45) is 7.05 Å². The maximum atomic E-state index is 12.2. The van der Waals surface area contributed by atoms with Crippen LogP contribution in [-0.2, 0) is 17.1 Å². The molecule has 0 unspecified atom stereocenters. The molecule has 1 aromatic heterocycles. The predicted molar refractivity (Wildman–Crippen MR) is 77.3 cm³/mol. The van der Waals surface area contributed by atoms with E-state index in [1.54, 1.807) is 30.9 Å². The Bertz CT molecular complexity index is 724. The molecule has 3 N–H and O–H groups in total. The smallest absolute Gasteiger partial charge is 0.262 e. The van der Waals surface area contributed by atoms with Gasteiger partial charge in [0.1, 0.15) is 0 Å². The first-order chi connectivity index (χ1) is 8.79. The van der Waals surface area contributed by atoms with Crippen LogP contribution in [0.5, 0.6) is 0 Å². The highest BCUT2D eigenvalue weighted by atomic mass is 79.9. The second kappa shape index (κ2) is 4.86. The van der Waals surface area contributed by atoms with Gasteiger partial charge < -0.3 is 5.73 Å². The first-order valence-corrected chi connectivity index (χ1v) is 7.65. The summed E-state index contributed by atoms with van der Waals surface area (Å²) in [6.07, 6.45) is 1.61. The number of aromatic nitrogens is 2. The maximum absolute atomic E-state index is 12.2. The van der Waals surface area contributed by atoms with Crippen LogP contribution >= 0.6 is 15.9 Å². The SMILES string of the molecule is Cc1nn(C)cc1NS(=O)(=O)c1ccc(Br)c(N)c1. The van der Waals surface area contributed by atoms with E-state index in [1.165, 1.54) is 12.1 Å². The molecule has 0 bridgehead atoms. The number of benzene rings is 1. The molecule has 102 valence electrons. The number of hydrogen-bond acceptors (Lipinski definition) is 4. The highest BCUT2D eigenvalue weighted by molar-refractivity contribution is 9.10. The number of nitrogen functional groups attached to an aromatic ring is 1. The van der Waals surface area contributed by atoms with E-state index >= 15 is 0 Å². The lowest BCUT2D eigenvalue weighted by molar-refractivity contribution is 0.601. The van der Waals surface area contributed by atoms with Crippen LogP contribution < -0.4 is 10.5 Å². The molecule has 0 aliphatic rings. The second-order valence-electron chi connectivity index (χ2n) is 4.09. The number of aryl methyl sites for hydroxylation is 2. The van der Waals surface area contributed by atoms with E-state index < -0.39 is 10.0 Å². The molecule has 0 amide bonds. The van der Waals surface area contributed by atoms with Gasteiger partial charge >= 0.3 is 0 Å². The first-order valence-electron chi connectivity index (χ1n) is 5.37. The fourth-order valence-corrected chi connectivity index (χ4v) is 2.98. The molecule has 0 aliphatic carbocycles. The summed E-state index contributed by atoms with van der Waals surface area (Å²) in [7, 11) is -1.94. The Labute approximate surface area is 119 Å². The third-order valence-electron chi connectivity index (χ3n) is 2.54. The summed E-state index contributed by atoms with van der Waals surface area (Å²) in [5.74, 6) is 0. The van der Waals surface area contributed by atoms with Crippen LogP contribution in [-0.4, -0.2) is 18.2 Å². The second-order valence-corrected chi connectivity index (χ2v) is 6.63. The molecule has 6 nitrogen and oxygen atoms in total. The molecular formula is C11H13BrN4O2S. The van der Waals surface area contributed by atoms with Crippen LogP contribution in [0.25, 0.3) is 0 Å². The van der Waals surface area contributed by atoms with Gasteiger partial charge in [-0.1, -0.05) is 0 Å². The van der Waals surface area contributed by atoms with Gasteiger partial charge in [0, 0.05) is 23.4 Å². The minimum atomic E-state index is -3.67. The maximum Gasteiger partial charge on any atom is 0.262 e. The van der Waals surface area contributed by atoms with Crippen molar-refractivity contribution >= 4 is 37.3 Å². The third-order valence-corrected chi connectivity index (χ3v) is 4.62. The van der Waals surface area contributed by atoms with E-state index in [1.807, 2.05) is 0 Å². The average Bonchev–Trinajstić information content (AvgIpc) is 2.60. The number of rotatable bonds is 3. The Morgan fingerprint density at radius 2 is 2.11 bits per heavy atom. The van der Waals surface area contributed by atoms with E-state index in [0.29, 0.717) is 21.5 Å². The molecular weight excluding hydrogens is 332 g/mol. The predicted octanol–water partition coefficient (Wildman–Crippen LogP) is 1.87. The van der Waals surface area contributed by atoms with Crippen molar-refractivity contribution in [1.82, 2.24) is 9.78 Å². The number of sulfonamides is 1. The lowest BCUT2D eigenvalue weighted by Gasteiger charge is -2.08. The molecule has 1 heterocycles. The topological polar surface area (TPSA) is 90.0 Å². The van der Waals surface area contributed by atoms with E-state index in [2.05, 4.69) is 25.8 Å². The van der Waals surface area contributed by atoms with Gasteiger partial charge in [0.15, 0.2) is 0 Å². The molecule has 8 heteroatoms. The molecule has 0 saturated heterocycles. The van der Waals surface area contributed by atoms with Gasteiger partial charge in [0.05, 0.1) is 16.3 Å². The average molecular weight is 345 g/mol. The minimum absolute atomic E-state index is 0.108. The Kier molecular flexibility index (Phi) is 3.55. The molecule has 0 radical (unpaired) electrons. The highest BCUT2D eigenvalue weighted by Gasteiger charge is 2.17. The number of nitrogens with zero attached hydrogens (tertiary/aromatic N) is 2. The summed E-state index contributed by atoms with van der Waals surface area (Å²) < 4.78 is 29.1. The fourth-order valence-electron chi connectivity index (χ4n) is 1.59. The number of halogens is 1. The molecule has 0 spiro atoms. The van der Waals surface area contributed by atoms with Crippen molar-refractivity contribution < 1.29 is 8.42 Å². The monoisotopic (exact) mass is 344 g/mol. The van der Waals surface area contributed by atoms with Gasteiger partial charge in [-0.15, -0.1) is 0 Å². The zero-order valence-electron chi connectivity index (χ0n) is 10.4. The molecule has 0 fully saturated rings. The Balaban J connectivity index is 2.37. The molecule has 2 rings (SSSR count). The number of hydrogen-bond donors (Lipinski definition) is 2. The summed E-state index contributed by atoms with van der Waals surface area (Å²) in [6, 6.07) is 4.48. The van der Waals surface area contributed by atoms with Gasteiger partial charge in [0.25, 0.3) is 10.0 Å². The fraction of sp³-hybridized carbons (Fsp3) is 0.182. The lowest BCUT2D eigenvalue weighted by Crippen LogP contribution is -2.13. The van der Waals surface area contributed by atoms with Crippen LogP contribution in [0.1, 0.15) is 5.69 Å². The van der Waals surface area contributed by atoms with Crippen molar-refractivity contribution in [2.45, 2.75) is 11.8 Å². The van der Waals surface area contributed by atoms with Crippen LogP contribution in [0, 0.1) is 6.92 Å². The number of nitrogens with two attached hydrogens (primary N) is 1. The van der Waals surface area contributed by atoms with Gasteiger partial charge in [-0.2, -0.15) is 5.10 Å². The Morgan fingerprint density at radius 3 is 2.63 bits per heavy atom. The Hall–Kier alpha value is -1.54. The zero-order valence-corrected chi connectivity index (χ0v) is 12.8. The summed E-state index contributed by atoms with van der Waals surface area (Å²) >= 11 is 3.22. The van der Waals surface area contributed by atoms with Crippen molar-refractivity contribution in [3.63, 3.8) is 0 Å². The molecule has 0 atom stereocenters. The standard InChI is InChI=1S/C11H13BrN4O2S/c1-7-11(6-16(2)14-7)15-19(17,18)8-3-4-9(12)10(13)5-8/h3-6,15H,13H2,1-2H3. The third kappa shape index (κ3) is 2.90. The van der Waals surface area contributed by atoms with E-state index in [9.17, 15) is 8.42 Å². The van der Waals surface area contributed by atoms with Crippen molar-refractivity contribution in [1.29, 1.82) is 0 Å². The zero-order chi connectivity index (χ0) is 14.2. The normalized spacial score (nSPS) is 11.5. The summed E-state index contributed by atoms with van der Waals surface area (Å²) in [6.45, 7) is 1.73. The molecule has 0 aliphatic heterocycles. The number of nitrogens with one attached hydrogen (secondary N) is 1. The minimum Gasteiger partial charge on any atom is -0.398 e. The highest BCUT2D eigenvalue weighted by Crippen LogP contribution is 2.24.